The van der Waals surface area contributed by atoms with Crippen molar-refractivity contribution in [3.8, 4) is 0 Å². The van der Waals surface area contributed by atoms with Gasteiger partial charge in [-0.2, -0.15) is 0 Å². The first kappa shape index (κ1) is 9.65. The third-order valence-electron chi connectivity index (χ3n) is 2.97. The summed E-state index contributed by atoms with van der Waals surface area (Å²) >= 11 is 0. The second-order valence-corrected chi connectivity index (χ2v) is 4.17. The van der Waals surface area contributed by atoms with Gasteiger partial charge in [-0.3, -0.25) is 0 Å². The van der Waals surface area contributed by atoms with E-state index in [0.717, 1.165) is 5.82 Å². The van der Waals surface area contributed by atoms with Crippen LogP contribution in [0.25, 0.3) is 0 Å². The van der Waals surface area contributed by atoms with Crippen molar-refractivity contribution < 1.29 is 0 Å². The van der Waals surface area contributed by atoms with E-state index in [-0.39, 0.29) is 0 Å². The number of aromatic nitrogens is 3. The minimum atomic E-state index is 0.311. The highest BCUT2D eigenvalue weighted by atomic mass is 15.3. The van der Waals surface area contributed by atoms with Crippen molar-refractivity contribution in [3.05, 3.63) is 12.2 Å². The predicted molar refractivity (Wildman–Crippen MR) is 54.8 cm³/mol. The summed E-state index contributed by atoms with van der Waals surface area (Å²) in [5, 5.41) is 11.6. The smallest absolute Gasteiger partial charge is 0.149 e. The Hall–Kier alpha value is -0.900. The van der Waals surface area contributed by atoms with Crippen molar-refractivity contribution in [1.82, 2.24) is 20.1 Å². The lowest BCUT2D eigenvalue weighted by molar-refractivity contribution is 0.439. The summed E-state index contributed by atoms with van der Waals surface area (Å²) in [5.74, 6) is 1.02. The monoisotopic (exact) mass is 194 g/mol. The Bertz CT molecular complexity index is 288. The molecule has 0 spiro atoms. The zero-order valence-corrected chi connectivity index (χ0v) is 8.90. The quantitative estimate of drug-likeness (QED) is 0.791. The van der Waals surface area contributed by atoms with Gasteiger partial charge in [0.2, 0.25) is 0 Å². The number of aryl methyl sites for hydroxylation is 1. The molecule has 4 nitrogen and oxygen atoms in total. The van der Waals surface area contributed by atoms with Gasteiger partial charge >= 0.3 is 0 Å². The van der Waals surface area contributed by atoms with Crippen molar-refractivity contribution >= 4 is 0 Å². The fourth-order valence-corrected chi connectivity index (χ4v) is 2.20. The summed E-state index contributed by atoms with van der Waals surface area (Å²) in [6.07, 6.45) is 7.10. The molecular weight excluding hydrogens is 176 g/mol. The van der Waals surface area contributed by atoms with Gasteiger partial charge in [-0.15, -0.1) is 10.2 Å². The molecule has 0 aliphatic heterocycles. The molecule has 78 valence electrons. The first-order chi connectivity index (χ1) is 6.77. The molecule has 1 aliphatic rings. The topological polar surface area (TPSA) is 42.7 Å². The van der Waals surface area contributed by atoms with Crippen LogP contribution in [-0.4, -0.2) is 20.8 Å². The minimum Gasteiger partial charge on any atom is -0.319 e. The molecule has 0 aromatic carbocycles. The molecule has 1 fully saturated rings. The second-order valence-electron chi connectivity index (χ2n) is 4.17. The highest BCUT2D eigenvalue weighted by Gasteiger charge is 2.19. The van der Waals surface area contributed by atoms with Crippen LogP contribution in [0.4, 0.5) is 0 Å². The molecule has 1 unspecified atom stereocenters. The van der Waals surface area contributed by atoms with Gasteiger partial charge in [0.1, 0.15) is 12.2 Å². The Morgan fingerprint density at radius 1 is 1.50 bits per heavy atom. The van der Waals surface area contributed by atoms with Gasteiger partial charge in [0.15, 0.2) is 0 Å². The third kappa shape index (κ3) is 1.95. The maximum absolute atomic E-state index is 4.11. The molecule has 1 saturated carbocycles. The fraction of sp³-hybridized carbons (Fsp3) is 0.800. The Labute approximate surface area is 84.7 Å². The highest BCUT2D eigenvalue weighted by molar-refractivity contribution is 4.93. The lowest BCUT2D eigenvalue weighted by Crippen LogP contribution is -2.30. The lowest BCUT2D eigenvalue weighted by atomic mass is 10.2. The summed E-state index contributed by atoms with van der Waals surface area (Å²) in [7, 11) is 1.99. The number of hydrogen-bond acceptors (Lipinski definition) is 3. The van der Waals surface area contributed by atoms with Gasteiger partial charge in [-0.1, -0.05) is 12.8 Å². The van der Waals surface area contributed by atoms with Crippen LogP contribution in [-0.2, 0) is 7.05 Å². The zero-order chi connectivity index (χ0) is 9.97. The molecule has 0 amide bonds. The van der Waals surface area contributed by atoms with Crippen LogP contribution in [0.3, 0.4) is 0 Å². The van der Waals surface area contributed by atoms with Crippen molar-refractivity contribution in [2.45, 2.75) is 44.7 Å². The predicted octanol–water partition coefficient (Wildman–Crippen LogP) is 1.41. The van der Waals surface area contributed by atoms with Gasteiger partial charge in [0.25, 0.3) is 0 Å². The average molecular weight is 194 g/mol. The van der Waals surface area contributed by atoms with Gasteiger partial charge in [-0.25, -0.2) is 0 Å². The van der Waals surface area contributed by atoms with E-state index in [1.807, 2.05) is 11.6 Å². The van der Waals surface area contributed by atoms with Gasteiger partial charge in [0.05, 0.1) is 6.04 Å². The van der Waals surface area contributed by atoms with Crippen LogP contribution in [0.5, 0.6) is 0 Å². The minimum absolute atomic E-state index is 0.311. The van der Waals surface area contributed by atoms with Crippen LogP contribution in [0.2, 0.25) is 0 Å². The molecule has 1 aromatic heterocycles. The Balaban J connectivity index is 1.95. The lowest BCUT2D eigenvalue weighted by Gasteiger charge is -2.18. The Kier molecular flexibility index (Phi) is 2.82. The van der Waals surface area contributed by atoms with Gasteiger partial charge in [-0.05, 0) is 19.8 Å². The molecule has 2 rings (SSSR count). The molecule has 4 heteroatoms. The molecule has 1 heterocycles. The first-order valence-corrected chi connectivity index (χ1v) is 5.37. The van der Waals surface area contributed by atoms with E-state index in [4.69, 9.17) is 0 Å². The highest BCUT2D eigenvalue weighted by Crippen LogP contribution is 2.20. The van der Waals surface area contributed by atoms with Gasteiger partial charge in [0, 0.05) is 13.1 Å². The SMILES string of the molecule is CC(NC1CCCC1)c1nncn1C. The number of hydrogen-bond donors (Lipinski definition) is 1. The summed E-state index contributed by atoms with van der Waals surface area (Å²) < 4.78 is 1.98. The van der Waals surface area contributed by atoms with E-state index in [1.165, 1.54) is 25.7 Å². The standard InChI is InChI=1S/C10H18N4/c1-8(10-13-11-7-14(10)2)12-9-5-3-4-6-9/h7-9,12H,3-6H2,1-2H3. The molecule has 0 bridgehead atoms. The fourth-order valence-electron chi connectivity index (χ4n) is 2.20. The van der Waals surface area contributed by atoms with Crippen LogP contribution < -0.4 is 5.32 Å². The molecule has 1 aliphatic carbocycles. The van der Waals surface area contributed by atoms with Crippen LogP contribution in [0.15, 0.2) is 6.33 Å². The third-order valence-corrected chi connectivity index (χ3v) is 2.97. The molecule has 0 radical (unpaired) electrons. The summed E-state index contributed by atoms with van der Waals surface area (Å²) in [4.78, 5) is 0. The van der Waals surface area contributed by atoms with Crippen molar-refractivity contribution in [2.24, 2.45) is 7.05 Å². The van der Waals surface area contributed by atoms with E-state index < -0.39 is 0 Å². The average Bonchev–Trinajstić information content (AvgIpc) is 2.75. The van der Waals surface area contributed by atoms with Crippen LogP contribution in [0, 0.1) is 0 Å². The number of rotatable bonds is 3. The molecule has 1 atom stereocenters. The Morgan fingerprint density at radius 2 is 2.21 bits per heavy atom. The molecule has 1 aromatic rings. The molecule has 0 saturated heterocycles. The van der Waals surface area contributed by atoms with Crippen LogP contribution >= 0.6 is 0 Å². The largest absolute Gasteiger partial charge is 0.319 e. The van der Waals surface area contributed by atoms with E-state index in [0.29, 0.717) is 12.1 Å². The van der Waals surface area contributed by atoms with E-state index in [1.54, 1.807) is 6.33 Å². The number of nitrogens with zero attached hydrogens (tertiary/aromatic N) is 3. The normalized spacial score (nSPS) is 20.1. The number of nitrogens with one attached hydrogen (secondary N) is 1. The Morgan fingerprint density at radius 3 is 2.79 bits per heavy atom. The first-order valence-electron chi connectivity index (χ1n) is 5.37. The molecule has 14 heavy (non-hydrogen) atoms. The maximum atomic E-state index is 4.11. The maximum Gasteiger partial charge on any atom is 0.149 e. The van der Waals surface area contributed by atoms with Gasteiger partial charge < -0.3 is 9.88 Å². The molecular formula is C10H18N4. The van der Waals surface area contributed by atoms with Crippen molar-refractivity contribution in [3.63, 3.8) is 0 Å². The summed E-state index contributed by atoms with van der Waals surface area (Å²) in [6.45, 7) is 2.16. The van der Waals surface area contributed by atoms with Crippen LogP contribution in [0.1, 0.15) is 44.5 Å². The van der Waals surface area contributed by atoms with Crippen molar-refractivity contribution in [1.29, 1.82) is 0 Å². The molecule has 1 N–H and O–H groups in total. The van der Waals surface area contributed by atoms with Crippen molar-refractivity contribution in [2.75, 3.05) is 0 Å². The summed E-state index contributed by atoms with van der Waals surface area (Å²) in [5.41, 5.74) is 0. The zero-order valence-electron chi connectivity index (χ0n) is 8.90. The summed E-state index contributed by atoms with van der Waals surface area (Å²) in [6, 6.07) is 0.993. The van der Waals surface area contributed by atoms with E-state index in [9.17, 15) is 0 Å². The van der Waals surface area contributed by atoms with E-state index in [2.05, 4.69) is 22.4 Å². The van der Waals surface area contributed by atoms with E-state index >= 15 is 0 Å². The second kappa shape index (κ2) is 4.09.